The second kappa shape index (κ2) is 7.21. The van der Waals surface area contributed by atoms with Gasteiger partial charge in [-0.25, -0.2) is 13.1 Å². The van der Waals surface area contributed by atoms with Gasteiger partial charge in [0.25, 0.3) is 0 Å². The third-order valence-corrected chi connectivity index (χ3v) is 4.46. The molecule has 0 aliphatic rings. The van der Waals surface area contributed by atoms with Crippen LogP contribution in [-0.4, -0.2) is 47.6 Å². The predicted octanol–water partition coefficient (Wildman–Crippen LogP) is 0.899. The minimum atomic E-state index is -3.56. The van der Waals surface area contributed by atoms with Crippen LogP contribution in [-0.2, 0) is 16.6 Å². The van der Waals surface area contributed by atoms with E-state index in [9.17, 15) is 8.42 Å². The van der Waals surface area contributed by atoms with Crippen LogP contribution in [0, 0.1) is 0 Å². The van der Waals surface area contributed by atoms with E-state index in [0.29, 0.717) is 19.6 Å². The normalized spacial score (nSPS) is 12.1. The van der Waals surface area contributed by atoms with E-state index in [1.54, 1.807) is 25.2 Å². The summed E-state index contributed by atoms with van der Waals surface area (Å²) in [6.45, 7) is 1.58. The first kappa shape index (κ1) is 16.4. The summed E-state index contributed by atoms with van der Waals surface area (Å²) in [4.78, 5) is 2.03. The summed E-state index contributed by atoms with van der Waals surface area (Å²) in [5.41, 5.74) is 0.875. The van der Waals surface area contributed by atoms with Crippen LogP contribution in [0.2, 0.25) is 5.02 Å². The lowest BCUT2D eigenvalue weighted by Crippen LogP contribution is -2.31. The Morgan fingerprint density at radius 1 is 1.32 bits per heavy atom. The fourth-order valence-corrected chi connectivity index (χ4v) is 3.12. The average molecular weight is 306 g/mol. The average Bonchev–Trinajstić information content (AvgIpc) is 2.31. The lowest BCUT2D eigenvalue weighted by Gasteiger charge is -2.12. The predicted molar refractivity (Wildman–Crippen MR) is 78.0 cm³/mol. The molecule has 0 radical (unpaired) electrons. The summed E-state index contributed by atoms with van der Waals surface area (Å²) in [5.74, 6) is 0. The van der Waals surface area contributed by atoms with Crippen LogP contribution in [0.15, 0.2) is 23.1 Å². The molecule has 19 heavy (non-hydrogen) atoms. The van der Waals surface area contributed by atoms with Crippen LogP contribution in [0.25, 0.3) is 0 Å². The summed E-state index contributed by atoms with van der Waals surface area (Å²) in [5, 5.41) is 3.21. The maximum absolute atomic E-state index is 12.2. The number of halogens is 1. The molecule has 0 fully saturated rings. The van der Waals surface area contributed by atoms with E-state index in [2.05, 4.69) is 10.0 Å². The molecule has 0 heterocycles. The minimum Gasteiger partial charge on any atom is -0.316 e. The summed E-state index contributed by atoms with van der Waals surface area (Å²) in [6, 6.07) is 5.00. The van der Waals surface area contributed by atoms with Gasteiger partial charge in [0.2, 0.25) is 10.0 Å². The van der Waals surface area contributed by atoms with Crippen LogP contribution in [0.3, 0.4) is 0 Å². The van der Waals surface area contributed by atoms with Gasteiger partial charge in [0.15, 0.2) is 0 Å². The zero-order valence-corrected chi connectivity index (χ0v) is 13.0. The molecule has 0 amide bonds. The Hall–Kier alpha value is -0.660. The van der Waals surface area contributed by atoms with Gasteiger partial charge in [-0.3, -0.25) is 0 Å². The van der Waals surface area contributed by atoms with Gasteiger partial charge in [0.05, 0.1) is 5.02 Å². The molecule has 0 saturated carbocycles. The third kappa shape index (κ3) is 5.08. The van der Waals surface area contributed by atoms with Crippen molar-refractivity contribution in [3.63, 3.8) is 0 Å². The van der Waals surface area contributed by atoms with E-state index in [4.69, 9.17) is 11.6 Å². The first-order valence-electron chi connectivity index (χ1n) is 5.94. The van der Waals surface area contributed by atoms with Gasteiger partial charge in [-0.15, -0.1) is 0 Å². The SMILES string of the molecule is CNCc1ccc(Cl)c(S(=O)(=O)NCCN(C)C)c1. The highest BCUT2D eigenvalue weighted by Gasteiger charge is 2.17. The van der Waals surface area contributed by atoms with Crippen LogP contribution in [0.4, 0.5) is 0 Å². The van der Waals surface area contributed by atoms with Crippen molar-refractivity contribution in [2.75, 3.05) is 34.2 Å². The third-order valence-electron chi connectivity index (χ3n) is 2.52. The maximum Gasteiger partial charge on any atom is 0.242 e. The van der Waals surface area contributed by atoms with Crippen LogP contribution < -0.4 is 10.0 Å². The van der Waals surface area contributed by atoms with Gasteiger partial charge in [-0.05, 0) is 38.8 Å². The second-order valence-corrected chi connectivity index (χ2v) is 6.64. The first-order chi connectivity index (χ1) is 8.86. The molecular formula is C12H20ClN3O2S. The van der Waals surface area contributed by atoms with Crippen molar-refractivity contribution < 1.29 is 8.42 Å². The van der Waals surface area contributed by atoms with Crippen LogP contribution in [0.1, 0.15) is 5.56 Å². The van der Waals surface area contributed by atoms with E-state index in [1.165, 1.54) is 0 Å². The quantitative estimate of drug-likeness (QED) is 0.786. The Morgan fingerprint density at radius 3 is 2.58 bits per heavy atom. The summed E-state index contributed by atoms with van der Waals surface area (Å²) in [6.07, 6.45) is 0. The molecule has 108 valence electrons. The largest absolute Gasteiger partial charge is 0.316 e. The number of benzene rings is 1. The Kier molecular flexibility index (Phi) is 6.22. The molecule has 0 aliphatic heterocycles. The highest BCUT2D eigenvalue weighted by molar-refractivity contribution is 7.89. The van der Waals surface area contributed by atoms with E-state index in [0.717, 1.165) is 5.56 Å². The fraction of sp³-hybridized carbons (Fsp3) is 0.500. The van der Waals surface area contributed by atoms with E-state index in [-0.39, 0.29) is 9.92 Å². The Balaban J connectivity index is 2.90. The van der Waals surface area contributed by atoms with Crippen molar-refractivity contribution in [3.8, 4) is 0 Å². The van der Waals surface area contributed by atoms with Gasteiger partial charge >= 0.3 is 0 Å². The molecule has 2 N–H and O–H groups in total. The standard InChI is InChI=1S/C12H20ClN3O2S/c1-14-9-10-4-5-11(13)12(8-10)19(17,18)15-6-7-16(2)3/h4-5,8,14-15H,6-7,9H2,1-3H3. The molecule has 1 aromatic carbocycles. The summed E-state index contributed by atoms with van der Waals surface area (Å²) < 4.78 is 26.9. The zero-order chi connectivity index (χ0) is 14.5. The molecule has 0 aliphatic carbocycles. The molecule has 7 heteroatoms. The lowest BCUT2D eigenvalue weighted by atomic mass is 10.2. The van der Waals surface area contributed by atoms with Gasteiger partial charge < -0.3 is 10.2 Å². The van der Waals surface area contributed by atoms with Crippen molar-refractivity contribution >= 4 is 21.6 Å². The number of rotatable bonds is 7. The monoisotopic (exact) mass is 305 g/mol. The van der Waals surface area contributed by atoms with E-state index >= 15 is 0 Å². The molecule has 0 spiro atoms. The lowest BCUT2D eigenvalue weighted by molar-refractivity contribution is 0.412. The number of likely N-dealkylation sites (N-methyl/N-ethyl adjacent to an activating group) is 1. The van der Waals surface area contributed by atoms with E-state index in [1.807, 2.05) is 19.0 Å². The Labute approximate surface area is 120 Å². The van der Waals surface area contributed by atoms with Gasteiger partial charge in [0.1, 0.15) is 4.90 Å². The van der Waals surface area contributed by atoms with Crippen LogP contribution in [0.5, 0.6) is 0 Å². The highest BCUT2D eigenvalue weighted by atomic mass is 35.5. The minimum absolute atomic E-state index is 0.126. The van der Waals surface area contributed by atoms with Crippen molar-refractivity contribution in [2.24, 2.45) is 0 Å². The number of nitrogens with zero attached hydrogens (tertiary/aromatic N) is 1. The molecule has 0 aromatic heterocycles. The molecule has 0 unspecified atom stereocenters. The maximum atomic E-state index is 12.2. The van der Waals surface area contributed by atoms with Crippen molar-refractivity contribution in [1.29, 1.82) is 0 Å². The molecule has 1 aromatic rings. The Morgan fingerprint density at radius 2 is 2.00 bits per heavy atom. The molecule has 0 saturated heterocycles. The van der Waals surface area contributed by atoms with Crippen molar-refractivity contribution in [2.45, 2.75) is 11.4 Å². The first-order valence-corrected chi connectivity index (χ1v) is 7.80. The Bertz CT molecular complexity index is 518. The van der Waals surface area contributed by atoms with Gasteiger partial charge in [-0.2, -0.15) is 0 Å². The molecule has 0 atom stereocenters. The summed E-state index contributed by atoms with van der Waals surface area (Å²) in [7, 11) is 2.01. The van der Waals surface area contributed by atoms with E-state index < -0.39 is 10.0 Å². The van der Waals surface area contributed by atoms with Crippen LogP contribution >= 0.6 is 11.6 Å². The topological polar surface area (TPSA) is 61.4 Å². The number of hydrogen-bond acceptors (Lipinski definition) is 4. The summed E-state index contributed by atoms with van der Waals surface area (Å²) >= 11 is 5.97. The second-order valence-electron chi connectivity index (χ2n) is 4.50. The zero-order valence-electron chi connectivity index (χ0n) is 11.4. The molecular weight excluding hydrogens is 286 g/mol. The smallest absolute Gasteiger partial charge is 0.242 e. The van der Waals surface area contributed by atoms with Crippen molar-refractivity contribution in [3.05, 3.63) is 28.8 Å². The fourth-order valence-electron chi connectivity index (χ4n) is 1.55. The molecule has 0 bridgehead atoms. The molecule has 1 rings (SSSR count). The molecule has 5 nitrogen and oxygen atoms in total. The van der Waals surface area contributed by atoms with Gasteiger partial charge in [-0.1, -0.05) is 17.7 Å². The number of sulfonamides is 1. The number of hydrogen-bond donors (Lipinski definition) is 2. The van der Waals surface area contributed by atoms with Gasteiger partial charge in [0, 0.05) is 19.6 Å². The number of nitrogens with one attached hydrogen (secondary N) is 2. The van der Waals surface area contributed by atoms with Crippen molar-refractivity contribution in [1.82, 2.24) is 14.9 Å². The highest BCUT2D eigenvalue weighted by Crippen LogP contribution is 2.22.